The first-order valence-corrected chi connectivity index (χ1v) is 7.10. The van der Waals surface area contributed by atoms with Crippen molar-refractivity contribution in [1.82, 2.24) is 0 Å². The molecule has 0 amide bonds. The third-order valence-corrected chi connectivity index (χ3v) is 4.55. The molecule has 17 heavy (non-hydrogen) atoms. The number of benzene rings is 1. The summed E-state index contributed by atoms with van der Waals surface area (Å²) in [5.74, 6) is 0. The number of hydrogen-bond donors (Lipinski definition) is 0. The zero-order valence-electron chi connectivity index (χ0n) is 9.76. The van der Waals surface area contributed by atoms with Crippen LogP contribution in [0.3, 0.4) is 0 Å². The van der Waals surface area contributed by atoms with Gasteiger partial charge in [0.15, 0.2) is 12.2 Å². The van der Waals surface area contributed by atoms with Gasteiger partial charge in [0.1, 0.15) is 0 Å². The molecule has 0 atom stereocenters. The van der Waals surface area contributed by atoms with Crippen LogP contribution in [-0.4, -0.2) is 0 Å². The highest BCUT2D eigenvalue weighted by atomic mass is 32.1. The van der Waals surface area contributed by atoms with E-state index in [4.69, 9.17) is 0 Å². The summed E-state index contributed by atoms with van der Waals surface area (Å²) in [6.07, 6.45) is 8.20. The Balaban J connectivity index is 2.09. The molecule has 2 aromatic rings. The largest absolute Gasteiger partial charge is 0.473 e. The highest BCUT2D eigenvalue weighted by molar-refractivity contribution is 7.15. The van der Waals surface area contributed by atoms with Gasteiger partial charge in [-0.3, -0.25) is 0 Å². The highest BCUT2D eigenvalue weighted by Crippen LogP contribution is 2.23. The van der Waals surface area contributed by atoms with Crippen LogP contribution in [-0.2, 0) is 0 Å². The van der Waals surface area contributed by atoms with Crippen molar-refractivity contribution in [2.75, 3.05) is 0 Å². The van der Waals surface area contributed by atoms with E-state index in [0.29, 0.717) is 6.04 Å². The third-order valence-electron chi connectivity index (χ3n) is 3.57. The lowest BCUT2D eigenvalue weighted by Crippen LogP contribution is -2.52. The fourth-order valence-electron chi connectivity index (χ4n) is 2.64. The lowest BCUT2D eigenvalue weighted by atomic mass is 9.95. The van der Waals surface area contributed by atoms with Crippen LogP contribution in [0.4, 0.5) is 0 Å². The first kappa shape index (κ1) is 10.9. The Hall–Kier alpha value is -1.22. The minimum absolute atomic E-state index is 0.190. The van der Waals surface area contributed by atoms with Gasteiger partial charge in [0.05, 0.1) is 10.1 Å². The molecule has 3 heteroatoms. The van der Waals surface area contributed by atoms with Crippen LogP contribution in [0, 0.1) is 0 Å². The molecule has 1 heterocycles. The van der Waals surface area contributed by atoms with E-state index < -0.39 is 0 Å². The molecule has 0 spiro atoms. The number of nitrogens with zero attached hydrogens (tertiary/aromatic N) is 1. The Morgan fingerprint density at radius 1 is 1.12 bits per heavy atom. The Morgan fingerprint density at radius 3 is 2.71 bits per heavy atom. The number of hydrogen-bond acceptors (Lipinski definition) is 2. The van der Waals surface area contributed by atoms with E-state index in [1.54, 1.807) is 0 Å². The van der Waals surface area contributed by atoms with E-state index in [1.165, 1.54) is 36.0 Å². The van der Waals surface area contributed by atoms with Gasteiger partial charge in [-0.15, -0.1) is 0 Å². The van der Waals surface area contributed by atoms with Gasteiger partial charge in [0.25, 0.3) is 0 Å². The van der Waals surface area contributed by atoms with Crippen molar-refractivity contribution in [2.45, 2.75) is 38.1 Å². The predicted molar refractivity (Wildman–Crippen MR) is 70.4 cm³/mol. The summed E-state index contributed by atoms with van der Waals surface area (Å²) in [5.41, 5.74) is 0. The normalized spacial score (nSPS) is 17.4. The Labute approximate surface area is 105 Å². The molecule has 1 fully saturated rings. The minimum atomic E-state index is 0.190. The molecule has 0 unspecified atom stereocenters. The molecule has 0 aliphatic heterocycles. The highest BCUT2D eigenvalue weighted by Gasteiger charge is 2.24. The van der Waals surface area contributed by atoms with Gasteiger partial charge < -0.3 is 0 Å². The van der Waals surface area contributed by atoms with Gasteiger partial charge in [-0.05, 0) is 36.3 Å². The van der Waals surface area contributed by atoms with Crippen LogP contribution < -0.4 is 9.44 Å². The molecule has 1 aromatic heterocycles. The minimum Gasteiger partial charge on any atom is -0.203 e. The molecule has 1 aliphatic rings. The molecule has 1 saturated carbocycles. The van der Waals surface area contributed by atoms with Crippen molar-refractivity contribution >= 4 is 21.4 Å². The van der Waals surface area contributed by atoms with E-state index in [1.807, 2.05) is 29.0 Å². The SMILES string of the molecule is O=c1sc2ccccc2c[n+]1C1CCCCC1. The quantitative estimate of drug-likeness (QED) is 0.708. The van der Waals surface area contributed by atoms with Crippen molar-refractivity contribution in [3.05, 3.63) is 40.1 Å². The third kappa shape index (κ3) is 2.12. The second-order valence-electron chi connectivity index (χ2n) is 4.73. The van der Waals surface area contributed by atoms with E-state index in [-0.39, 0.29) is 4.87 Å². The summed E-state index contributed by atoms with van der Waals surface area (Å²) in [6, 6.07) is 8.56. The molecule has 0 radical (unpaired) electrons. The van der Waals surface area contributed by atoms with E-state index >= 15 is 0 Å². The first-order chi connectivity index (χ1) is 8.34. The zero-order valence-corrected chi connectivity index (χ0v) is 10.6. The smallest absolute Gasteiger partial charge is 0.203 e. The first-order valence-electron chi connectivity index (χ1n) is 6.28. The molecule has 0 N–H and O–H groups in total. The van der Waals surface area contributed by atoms with Crippen LogP contribution in [0.15, 0.2) is 35.3 Å². The molecular weight excluding hydrogens is 230 g/mol. The summed E-state index contributed by atoms with van der Waals surface area (Å²) in [6.45, 7) is 0. The van der Waals surface area contributed by atoms with Crippen LogP contribution in [0.1, 0.15) is 38.1 Å². The molecule has 88 valence electrons. The van der Waals surface area contributed by atoms with Crippen molar-refractivity contribution in [2.24, 2.45) is 0 Å². The topological polar surface area (TPSA) is 20.9 Å². The van der Waals surface area contributed by atoms with Gasteiger partial charge in [0.2, 0.25) is 0 Å². The van der Waals surface area contributed by atoms with Crippen molar-refractivity contribution in [1.29, 1.82) is 0 Å². The van der Waals surface area contributed by atoms with Crippen LogP contribution in [0.2, 0.25) is 0 Å². The number of rotatable bonds is 1. The van der Waals surface area contributed by atoms with Crippen molar-refractivity contribution < 1.29 is 4.57 Å². The fraction of sp³-hybridized carbons (Fsp3) is 0.429. The Bertz CT molecular complexity index is 584. The van der Waals surface area contributed by atoms with Crippen LogP contribution >= 0.6 is 11.3 Å². The second-order valence-corrected chi connectivity index (χ2v) is 5.73. The molecule has 0 saturated heterocycles. The monoisotopic (exact) mass is 246 g/mol. The summed E-state index contributed by atoms with van der Waals surface area (Å²) >= 11 is 1.37. The Morgan fingerprint density at radius 2 is 1.88 bits per heavy atom. The van der Waals surface area contributed by atoms with Gasteiger partial charge in [-0.2, -0.15) is 4.57 Å². The summed E-state index contributed by atoms with van der Waals surface area (Å²) in [7, 11) is 0. The summed E-state index contributed by atoms with van der Waals surface area (Å²) < 4.78 is 3.05. The maximum absolute atomic E-state index is 12.1. The van der Waals surface area contributed by atoms with Crippen molar-refractivity contribution in [3.63, 3.8) is 0 Å². The average molecular weight is 246 g/mol. The predicted octanol–water partition coefficient (Wildman–Crippen LogP) is 3.05. The molecule has 2 nitrogen and oxygen atoms in total. The number of fused-ring (bicyclic) bond motifs is 1. The molecule has 1 aromatic carbocycles. The second kappa shape index (κ2) is 4.57. The summed E-state index contributed by atoms with van der Waals surface area (Å²) in [4.78, 5) is 12.3. The van der Waals surface area contributed by atoms with E-state index in [0.717, 1.165) is 17.5 Å². The molecule has 1 aliphatic carbocycles. The van der Waals surface area contributed by atoms with Crippen molar-refractivity contribution in [3.8, 4) is 0 Å². The van der Waals surface area contributed by atoms with Gasteiger partial charge in [-0.25, -0.2) is 4.79 Å². The van der Waals surface area contributed by atoms with Gasteiger partial charge in [0, 0.05) is 12.8 Å². The standard InChI is InChI=1S/C14H16NOS/c16-14-15(12-7-2-1-3-8-12)10-11-6-4-5-9-13(11)17-14/h4-6,9-10,12H,1-3,7-8H2/q+1. The van der Waals surface area contributed by atoms with E-state index in [2.05, 4.69) is 6.07 Å². The maximum atomic E-state index is 12.1. The van der Waals surface area contributed by atoms with Crippen LogP contribution in [0.5, 0.6) is 0 Å². The lowest BCUT2D eigenvalue weighted by molar-refractivity contribution is -0.734. The number of aromatic nitrogens is 1. The molecular formula is C14H16NOS+. The average Bonchev–Trinajstić information content (AvgIpc) is 2.39. The summed E-state index contributed by atoms with van der Waals surface area (Å²) in [5, 5.41) is 1.18. The molecule has 0 bridgehead atoms. The fourth-order valence-corrected chi connectivity index (χ4v) is 3.52. The maximum Gasteiger partial charge on any atom is 0.473 e. The van der Waals surface area contributed by atoms with Crippen LogP contribution in [0.25, 0.3) is 10.1 Å². The zero-order chi connectivity index (χ0) is 11.7. The Kier molecular flexibility index (Phi) is 2.93. The van der Waals surface area contributed by atoms with Gasteiger partial charge in [-0.1, -0.05) is 18.6 Å². The van der Waals surface area contributed by atoms with E-state index in [9.17, 15) is 4.79 Å². The lowest BCUT2D eigenvalue weighted by Gasteiger charge is -2.16. The van der Waals surface area contributed by atoms with Gasteiger partial charge >= 0.3 is 4.87 Å². The molecule has 3 rings (SSSR count).